The quantitative estimate of drug-likeness (QED) is 0.574. The predicted octanol–water partition coefficient (Wildman–Crippen LogP) is 2.78. The Balaban J connectivity index is 1.63. The molecule has 3 rings (SSSR count). The molecule has 2 amide bonds. The van der Waals surface area contributed by atoms with Crippen molar-refractivity contribution in [3.63, 3.8) is 0 Å². The smallest absolute Gasteiger partial charge is 0.271 e. The topological polar surface area (TPSA) is 80.8 Å². The maximum atomic E-state index is 12.4. The molecule has 6 nitrogen and oxygen atoms in total. The van der Waals surface area contributed by atoms with Gasteiger partial charge in [0.25, 0.3) is 21.9 Å². The SMILES string of the molecule is Cc1ccc(S(=O)(=O)OCC[C@@H](C)N2C(=O)c3ccccc3C2=O)cc1. The second-order valence-electron chi connectivity index (χ2n) is 6.25. The molecule has 1 heterocycles. The second-order valence-corrected chi connectivity index (χ2v) is 7.87. The fraction of sp³-hybridized carbons (Fsp3) is 0.263. The highest BCUT2D eigenvalue weighted by atomic mass is 32.2. The van der Waals surface area contributed by atoms with Gasteiger partial charge in [-0.2, -0.15) is 8.42 Å². The van der Waals surface area contributed by atoms with E-state index in [0.717, 1.165) is 10.5 Å². The normalized spacial score (nSPS) is 15.2. The number of hydrogen-bond acceptors (Lipinski definition) is 5. The first-order chi connectivity index (χ1) is 12.3. The van der Waals surface area contributed by atoms with Crippen LogP contribution in [0.2, 0.25) is 0 Å². The van der Waals surface area contributed by atoms with E-state index in [1.54, 1.807) is 43.3 Å². The first-order valence-electron chi connectivity index (χ1n) is 8.24. The molecule has 0 spiro atoms. The summed E-state index contributed by atoms with van der Waals surface area (Å²) >= 11 is 0. The number of fused-ring (bicyclic) bond motifs is 1. The van der Waals surface area contributed by atoms with E-state index in [1.807, 2.05) is 6.92 Å². The summed E-state index contributed by atoms with van der Waals surface area (Å²) in [6, 6.07) is 12.5. The van der Waals surface area contributed by atoms with Gasteiger partial charge in [-0.15, -0.1) is 0 Å². The molecule has 2 aromatic rings. The van der Waals surface area contributed by atoms with Crippen LogP contribution in [0, 0.1) is 6.92 Å². The van der Waals surface area contributed by atoms with Gasteiger partial charge in [-0.25, -0.2) is 0 Å². The highest BCUT2D eigenvalue weighted by Gasteiger charge is 2.38. The number of aryl methyl sites for hydroxylation is 1. The van der Waals surface area contributed by atoms with Crippen molar-refractivity contribution in [3.8, 4) is 0 Å². The van der Waals surface area contributed by atoms with Crippen molar-refractivity contribution in [2.24, 2.45) is 0 Å². The highest BCUT2D eigenvalue weighted by molar-refractivity contribution is 7.86. The summed E-state index contributed by atoms with van der Waals surface area (Å²) in [4.78, 5) is 26.1. The standard InChI is InChI=1S/C19H19NO5S/c1-13-7-9-15(10-8-13)26(23,24)25-12-11-14(2)20-18(21)16-5-3-4-6-17(16)19(20)22/h3-10,14H,11-12H2,1-2H3/t14-/m1/s1. The molecule has 1 aliphatic rings. The van der Waals surface area contributed by atoms with Gasteiger partial charge in [-0.3, -0.25) is 18.7 Å². The zero-order valence-electron chi connectivity index (χ0n) is 14.5. The van der Waals surface area contributed by atoms with Gasteiger partial charge in [-0.1, -0.05) is 29.8 Å². The Kier molecular flexibility index (Phi) is 4.93. The number of amides is 2. The second kappa shape index (κ2) is 7.01. The van der Waals surface area contributed by atoms with Gasteiger partial charge in [0.05, 0.1) is 22.6 Å². The molecule has 2 aromatic carbocycles. The number of benzene rings is 2. The Labute approximate surface area is 152 Å². The molecule has 26 heavy (non-hydrogen) atoms. The van der Waals surface area contributed by atoms with Crippen molar-refractivity contribution in [2.75, 3.05) is 6.61 Å². The number of rotatable bonds is 6. The van der Waals surface area contributed by atoms with Crippen molar-refractivity contribution >= 4 is 21.9 Å². The summed E-state index contributed by atoms with van der Waals surface area (Å²) in [5.41, 5.74) is 1.69. The van der Waals surface area contributed by atoms with E-state index in [9.17, 15) is 18.0 Å². The average molecular weight is 373 g/mol. The zero-order chi connectivity index (χ0) is 18.9. The van der Waals surface area contributed by atoms with Gasteiger partial charge >= 0.3 is 0 Å². The average Bonchev–Trinajstić information content (AvgIpc) is 2.86. The van der Waals surface area contributed by atoms with Crippen LogP contribution in [-0.2, 0) is 14.3 Å². The predicted molar refractivity (Wildman–Crippen MR) is 95.3 cm³/mol. The molecule has 0 aliphatic carbocycles. The van der Waals surface area contributed by atoms with Crippen LogP contribution in [0.3, 0.4) is 0 Å². The molecule has 0 fully saturated rings. The Morgan fingerprint density at radius 1 is 0.962 bits per heavy atom. The summed E-state index contributed by atoms with van der Waals surface area (Å²) < 4.78 is 29.4. The van der Waals surface area contributed by atoms with E-state index >= 15 is 0 Å². The van der Waals surface area contributed by atoms with Crippen LogP contribution in [0.1, 0.15) is 39.6 Å². The molecule has 0 saturated carbocycles. The highest BCUT2D eigenvalue weighted by Crippen LogP contribution is 2.25. The third-order valence-corrected chi connectivity index (χ3v) is 5.68. The Bertz CT molecular complexity index is 915. The zero-order valence-corrected chi connectivity index (χ0v) is 15.3. The fourth-order valence-corrected chi connectivity index (χ4v) is 3.76. The van der Waals surface area contributed by atoms with E-state index < -0.39 is 16.2 Å². The van der Waals surface area contributed by atoms with E-state index in [0.29, 0.717) is 11.1 Å². The number of carbonyl (C=O) groups is 2. The van der Waals surface area contributed by atoms with Crippen LogP contribution in [0.25, 0.3) is 0 Å². The number of hydrogen-bond donors (Lipinski definition) is 0. The van der Waals surface area contributed by atoms with Crippen molar-refractivity contribution in [1.82, 2.24) is 4.90 Å². The van der Waals surface area contributed by atoms with Crippen LogP contribution < -0.4 is 0 Å². The van der Waals surface area contributed by atoms with Crippen LogP contribution in [0.15, 0.2) is 53.4 Å². The minimum absolute atomic E-state index is 0.0801. The first kappa shape index (κ1) is 18.3. The monoisotopic (exact) mass is 373 g/mol. The molecule has 136 valence electrons. The molecular weight excluding hydrogens is 354 g/mol. The van der Waals surface area contributed by atoms with Crippen molar-refractivity contribution < 1.29 is 22.2 Å². The minimum atomic E-state index is -3.87. The lowest BCUT2D eigenvalue weighted by atomic mass is 10.1. The van der Waals surface area contributed by atoms with Gasteiger partial charge in [0, 0.05) is 6.04 Å². The number of imide groups is 1. The summed E-state index contributed by atoms with van der Waals surface area (Å²) in [7, 11) is -3.87. The van der Waals surface area contributed by atoms with Crippen LogP contribution in [0.5, 0.6) is 0 Å². The molecule has 0 N–H and O–H groups in total. The summed E-state index contributed by atoms with van der Waals surface area (Å²) in [6.07, 6.45) is 0.219. The maximum Gasteiger partial charge on any atom is 0.296 e. The molecule has 0 bridgehead atoms. The number of nitrogens with zero attached hydrogens (tertiary/aromatic N) is 1. The molecule has 0 aromatic heterocycles. The van der Waals surface area contributed by atoms with Gasteiger partial charge in [0.2, 0.25) is 0 Å². The molecule has 1 aliphatic heterocycles. The largest absolute Gasteiger partial charge is 0.296 e. The number of carbonyl (C=O) groups excluding carboxylic acids is 2. The Morgan fingerprint density at radius 2 is 1.50 bits per heavy atom. The lowest BCUT2D eigenvalue weighted by Gasteiger charge is -2.22. The Hall–Kier alpha value is -2.51. The van der Waals surface area contributed by atoms with E-state index in [2.05, 4.69) is 0 Å². The van der Waals surface area contributed by atoms with E-state index in [-0.39, 0.29) is 29.7 Å². The maximum absolute atomic E-state index is 12.4. The van der Waals surface area contributed by atoms with E-state index in [4.69, 9.17) is 4.18 Å². The summed E-state index contributed by atoms with van der Waals surface area (Å²) in [6.45, 7) is 3.44. The summed E-state index contributed by atoms with van der Waals surface area (Å²) in [5, 5.41) is 0. The molecule has 1 atom stereocenters. The lowest BCUT2D eigenvalue weighted by Crippen LogP contribution is -2.38. The van der Waals surface area contributed by atoms with Gasteiger partial charge in [0.1, 0.15) is 0 Å². The molecule has 0 radical (unpaired) electrons. The van der Waals surface area contributed by atoms with Crippen LogP contribution in [-0.4, -0.2) is 37.8 Å². The molecular formula is C19H19NO5S. The third-order valence-electron chi connectivity index (χ3n) is 4.35. The van der Waals surface area contributed by atoms with Gasteiger partial charge in [0.15, 0.2) is 0 Å². The van der Waals surface area contributed by atoms with E-state index in [1.165, 1.54) is 12.1 Å². The lowest BCUT2D eigenvalue weighted by molar-refractivity contribution is 0.0580. The fourth-order valence-electron chi connectivity index (χ4n) is 2.84. The summed E-state index contributed by atoms with van der Waals surface area (Å²) in [5.74, 6) is -0.723. The minimum Gasteiger partial charge on any atom is -0.271 e. The van der Waals surface area contributed by atoms with Crippen molar-refractivity contribution in [1.29, 1.82) is 0 Å². The molecule has 7 heteroatoms. The van der Waals surface area contributed by atoms with Crippen LogP contribution in [0.4, 0.5) is 0 Å². The van der Waals surface area contributed by atoms with Gasteiger partial charge in [-0.05, 0) is 44.5 Å². The molecule has 0 saturated heterocycles. The Morgan fingerprint density at radius 3 is 2.04 bits per heavy atom. The first-order valence-corrected chi connectivity index (χ1v) is 9.65. The molecule has 0 unspecified atom stereocenters. The van der Waals surface area contributed by atoms with Crippen molar-refractivity contribution in [2.45, 2.75) is 31.2 Å². The van der Waals surface area contributed by atoms with Gasteiger partial charge < -0.3 is 0 Å². The van der Waals surface area contributed by atoms with Crippen molar-refractivity contribution in [3.05, 3.63) is 65.2 Å². The van der Waals surface area contributed by atoms with Crippen LogP contribution >= 0.6 is 0 Å². The third kappa shape index (κ3) is 3.40.